The van der Waals surface area contributed by atoms with E-state index < -0.39 is 19.2 Å². The molecule has 1 aliphatic heterocycles. The summed E-state index contributed by atoms with van der Waals surface area (Å²) >= 11 is 0. The molecule has 60 valence electrons. The second-order valence-electron chi connectivity index (χ2n) is 2.30. The zero-order valence-electron chi connectivity index (χ0n) is 6.36. The van der Waals surface area contributed by atoms with E-state index in [2.05, 4.69) is 9.31 Å². The van der Waals surface area contributed by atoms with Crippen LogP contribution in [0.1, 0.15) is 0 Å². The number of likely N-dealkylation sites (N-methyl/N-ethyl adjacent to an activating group) is 1. The summed E-state index contributed by atoms with van der Waals surface area (Å²) in [7, 11) is 0.696. The van der Waals surface area contributed by atoms with Crippen LogP contribution >= 0.6 is 0 Å². The van der Waals surface area contributed by atoms with Crippen LogP contribution < -0.4 is 0 Å². The van der Waals surface area contributed by atoms with Crippen molar-refractivity contribution in [3.8, 4) is 0 Å². The summed E-state index contributed by atoms with van der Waals surface area (Å²) in [6.45, 7) is 1.44. The fraction of sp³-hybridized carbons (Fsp3) is 0.600. The lowest BCUT2D eigenvalue weighted by molar-refractivity contribution is -0.134. The molecule has 0 bridgehead atoms. The summed E-state index contributed by atoms with van der Waals surface area (Å²) in [6.07, 6.45) is -0.539. The van der Waals surface area contributed by atoms with Crippen LogP contribution in [0.2, 0.25) is 6.82 Å². The van der Waals surface area contributed by atoms with Gasteiger partial charge in [-0.15, -0.1) is 0 Å². The van der Waals surface area contributed by atoms with Gasteiger partial charge in [-0.3, -0.25) is 4.79 Å². The molecule has 1 heterocycles. The lowest BCUT2D eigenvalue weighted by Gasteiger charge is -2.09. The molecule has 0 aliphatic carbocycles. The molecule has 1 aliphatic rings. The number of hydrogen-bond donors (Lipinski definition) is 0. The number of carbonyl (C=O) groups excluding carboxylic acids is 2. The monoisotopic (exact) mass is 157 g/mol. The topological polar surface area (TPSA) is 55.8 Å². The maximum absolute atomic E-state index is 10.8. The Morgan fingerprint density at radius 1 is 1.45 bits per heavy atom. The van der Waals surface area contributed by atoms with Crippen molar-refractivity contribution in [2.24, 2.45) is 0 Å². The lowest BCUT2D eigenvalue weighted by atomic mass is 9.96. The summed E-state index contributed by atoms with van der Waals surface area (Å²) in [4.78, 5) is 22.8. The van der Waals surface area contributed by atoms with Gasteiger partial charge in [0.05, 0.1) is 0 Å². The van der Waals surface area contributed by atoms with Gasteiger partial charge in [-0.2, -0.15) is 0 Å². The van der Waals surface area contributed by atoms with Crippen LogP contribution in [0.5, 0.6) is 0 Å². The van der Waals surface area contributed by atoms with Gasteiger partial charge in [0.2, 0.25) is 0 Å². The molecule has 5 nitrogen and oxygen atoms in total. The lowest BCUT2D eigenvalue weighted by Crippen LogP contribution is -2.29. The van der Waals surface area contributed by atoms with E-state index in [-0.39, 0.29) is 6.54 Å². The Morgan fingerprint density at radius 2 is 2.09 bits per heavy atom. The molecule has 1 fully saturated rings. The summed E-state index contributed by atoms with van der Waals surface area (Å²) < 4.78 is 9.27. The first-order chi connectivity index (χ1) is 5.09. The van der Waals surface area contributed by atoms with Gasteiger partial charge in [0.25, 0.3) is 0 Å². The van der Waals surface area contributed by atoms with E-state index in [0.717, 1.165) is 4.90 Å². The van der Waals surface area contributed by atoms with Gasteiger partial charge >= 0.3 is 19.2 Å². The Hall–Kier alpha value is -1.20. The van der Waals surface area contributed by atoms with Crippen LogP contribution in [0, 0.1) is 0 Å². The first-order valence-corrected chi connectivity index (χ1v) is 3.21. The summed E-state index contributed by atoms with van der Waals surface area (Å²) in [5.74, 6) is -0.453. The van der Waals surface area contributed by atoms with E-state index in [9.17, 15) is 9.59 Å². The third-order valence-corrected chi connectivity index (χ3v) is 1.24. The molecule has 1 saturated heterocycles. The molecule has 0 aromatic heterocycles. The Morgan fingerprint density at radius 3 is 2.73 bits per heavy atom. The van der Waals surface area contributed by atoms with E-state index >= 15 is 0 Å². The zero-order chi connectivity index (χ0) is 8.43. The predicted octanol–water partition coefficient (Wildman–Crippen LogP) is -0.270. The minimum absolute atomic E-state index is 0.0524. The van der Waals surface area contributed by atoms with E-state index in [4.69, 9.17) is 0 Å². The van der Waals surface area contributed by atoms with Gasteiger partial charge in [-0.05, 0) is 6.82 Å². The van der Waals surface area contributed by atoms with Gasteiger partial charge in [0.1, 0.15) is 6.54 Å². The molecule has 1 rings (SSSR count). The Labute approximate surface area is 64.4 Å². The zero-order valence-corrected chi connectivity index (χ0v) is 6.36. The van der Waals surface area contributed by atoms with Crippen molar-refractivity contribution in [1.82, 2.24) is 4.90 Å². The molecule has 0 saturated carbocycles. The molecule has 0 atom stereocenters. The van der Waals surface area contributed by atoms with Crippen molar-refractivity contribution in [2.45, 2.75) is 6.82 Å². The molecule has 11 heavy (non-hydrogen) atoms. The number of hydrogen-bond acceptors (Lipinski definition) is 4. The molecular formula is C5H8BNO4. The fourth-order valence-electron chi connectivity index (χ4n) is 0.737. The Bertz CT molecular complexity index is 195. The Kier molecular flexibility index (Phi) is 2.02. The van der Waals surface area contributed by atoms with Crippen molar-refractivity contribution in [3.05, 3.63) is 0 Å². The molecule has 0 N–H and O–H groups in total. The van der Waals surface area contributed by atoms with Crippen LogP contribution in [-0.4, -0.2) is 37.7 Å². The third kappa shape index (κ3) is 1.86. The maximum atomic E-state index is 10.8. The smallest absolute Gasteiger partial charge is 0.498 e. The summed E-state index contributed by atoms with van der Waals surface area (Å²) in [5.41, 5.74) is 0. The summed E-state index contributed by atoms with van der Waals surface area (Å²) in [6, 6.07) is 0. The van der Waals surface area contributed by atoms with Gasteiger partial charge in [-0.25, -0.2) is 4.79 Å². The highest BCUT2D eigenvalue weighted by Gasteiger charge is 2.29. The Balaban J connectivity index is 2.66. The second kappa shape index (κ2) is 2.81. The van der Waals surface area contributed by atoms with Crippen molar-refractivity contribution in [1.29, 1.82) is 0 Å². The van der Waals surface area contributed by atoms with Crippen LogP contribution in [0.15, 0.2) is 0 Å². The highest BCUT2D eigenvalue weighted by molar-refractivity contribution is 6.47. The molecular weight excluding hydrogens is 149 g/mol. The number of amides is 1. The molecule has 0 aromatic rings. The first kappa shape index (κ1) is 7.91. The van der Waals surface area contributed by atoms with Crippen LogP contribution in [0.4, 0.5) is 4.79 Å². The molecule has 0 unspecified atom stereocenters. The molecule has 6 heteroatoms. The average molecular weight is 157 g/mol. The predicted molar refractivity (Wildman–Crippen MR) is 36.8 cm³/mol. The molecule has 1 amide bonds. The van der Waals surface area contributed by atoms with Crippen molar-refractivity contribution < 1.29 is 18.9 Å². The fourth-order valence-corrected chi connectivity index (χ4v) is 0.737. The van der Waals surface area contributed by atoms with Gasteiger partial charge in [-0.1, -0.05) is 0 Å². The van der Waals surface area contributed by atoms with Crippen molar-refractivity contribution >= 4 is 19.2 Å². The minimum atomic E-state index is -0.778. The highest BCUT2D eigenvalue weighted by Crippen LogP contribution is 2.01. The highest BCUT2D eigenvalue weighted by atomic mass is 16.7. The number of carbonyl (C=O) groups is 2. The van der Waals surface area contributed by atoms with Gasteiger partial charge < -0.3 is 14.2 Å². The van der Waals surface area contributed by atoms with E-state index in [1.165, 1.54) is 13.9 Å². The van der Waals surface area contributed by atoms with Crippen molar-refractivity contribution in [2.75, 3.05) is 13.6 Å². The van der Waals surface area contributed by atoms with E-state index in [1.807, 2.05) is 0 Å². The molecule has 0 radical (unpaired) electrons. The summed E-state index contributed by atoms with van der Waals surface area (Å²) in [5, 5.41) is 0. The normalized spacial score (nSPS) is 19.1. The molecule has 0 spiro atoms. The standard InChI is InChI=1S/C5H8BNO4/c1-6-10-4(8)3-7(2)5(9)11-6/h3H2,1-2H3. The van der Waals surface area contributed by atoms with Crippen LogP contribution in [-0.2, 0) is 14.1 Å². The van der Waals surface area contributed by atoms with E-state index in [0.29, 0.717) is 0 Å². The van der Waals surface area contributed by atoms with Gasteiger partial charge in [0.15, 0.2) is 0 Å². The first-order valence-electron chi connectivity index (χ1n) is 3.21. The largest absolute Gasteiger partial charge is 0.596 e. The van der Waals surface area contributed by atoms with Crippen LogP contribution in [0.3, 0.4) is 0 Å². The number of rotatable bonds is 0. The number of nitrogens with zero attached hydrogens (tertiary/aromatic N) is 1. The van der Waals surface area contributed by atoms with Crippen molar-refractivity contribution in [3.63, 3.8) is 0 Å². The quantitative estimate of drug-likeness (QED) is 0.454. The van der Waals surface area contributed by atoms with Gasteiger partial charge in [0, 0.05) is 7.05 Å². The molecule has 0 aromatic carbocycles. The minimum Gasteiger partial charge on any atom is -0.498 e. The average Bonchev–Trinajstić information content (AvgIpc) is 1.93. The third-order valence-electron chi connectivity index (χ3n) is 1.24. The van der Waals surface area contributed by atoms with E-state index in [1.54, 1.807) is 0 Å². The SMILES string of the molecule is CB1OC(=O)CN(C)C(=O)O1. The van der Waals surface area contributed by atoms with Crippen LogP contribution in [0.25, 0.3) is 0 Å². The second-order valence-corrected chi connectivity index (χ2v) is 2.30. The maximum Gasteiger partial charge on any atom is 0.596 e.